The number of aryl methyl sites for hydroxylation is 1. The molecule has 17 heteroatoms. The summed E-state index contributed by atoms with van der Waals surface area (Å²) in [5.41, 5.74) is 0.998. The Morgan fingerprint density at radius 2 is 2.00 bits per heavy atom. The number of ether oxygens (including phenoxy) is 1. The van der Waals surface area contributed by atoms with Gasteiger partial charge < -0.3 is 20.3 Å². The minimum atomic E-state index is -4.46. The molecule has 0 bridgehead atoms. The van der Waals surface area contributed by atoms with E-state index in [9.17, 15) is 31.5 Å². The lowest BCUT2D eigenvalue weighted by Gasteiger charge is -2.34. The molecule has 0 spiro atoms. The van der Waals surface area contributed by atoms with Crippen LogP contribution in [0, 0.1) is 17.8 Å². The van der Waals surface area contributed by atoms with E-state index in [0.29, 0.717) is 49.1 Å². The number of carbonyl (C=O) groups excluding carboxylic acids is 2. The molecule has 2 amide bonds. The molecule has 12 nitrogen and oxygen atoms in total. The number of aromatic nitrogens is 6. The maximum atomic E-state index is 14.2. The molecule has 1 aliphatic carbocycles. The molecule has 2 N–H and O–H groups in total. The van der Waals surface area contributed by atoms with Gasteiger partial charge in [-0.2, -0.15) is 28.4 Å². The number of fused-ring (bicyclic) bond motifs is 1. The highest BCUT2D eigenvalue weighted by atomic mass is 19.4. The van der Waals surface area contributed by atoms with Gasteiger partial charge in [-0.05, 0) is 45.1 Å². The number of amides is 2. The Bertz CT molecular complexity index is 1600. The molecule has 1 saturated carbocycles. The second-order valence-electron chi connectivity index (χ2n) is 12.7. The Morgan fingerprint density at radius 3 is 2.70 bits per heavy atom. The van der Waals surface area contributed by atoms with Gasteiger partial charge in [0, 0.05) is 57.6 Å². The summed E-state index contributed by atoms with van der Waals surface area (Å²) in [6.45, 7) is 4.98. The standard InChI is InChI=1S/C30H38F5N9O3/c1-3-43-23(6-9-37-43)27(46)39-24(18-4-7-29(31,32)8-5-18)22-16-44-28(38-22)40-25(42-10-11-47-17(2)15-42)21(41-44)13-19-12-20(30(33,34)35)14-36-26(19)45/h6,9,16-20,24H,3-5,7-8,10-15H2,1-2H3,(H,36,45)(H,39,46)/t17-,19+,20+,24-/m0/s1. The van der Waals surface area contributed by atoms with Gasteiger partial charge in [0.15, 0.2) is 5.82 Å². The molecule has 5 heterocycles. The van der Waals surface area contributed by atoms with Crippen molar-refractivity contribution in [1.29, 1.82) is 0 Å². The molecular weight excluding hydrogens is 629 g/mol. The fourth-order valence-corrected chi connectivity index (χ4v) is 6.79. The largest absolute Gasteiger partial charge is 0.393 e. The van der Waals surface area contributed by atoms with Gasteiger partial charge in [0.1, 0.15) is 11.4 Å². The highest BCUT2D eigenvalue weighted by molar-refractivity contribution is 5.92. The molecule has 3 aliphatic rings. The van der Waals surface area contributed by atoms with Crippen molar-refractivity contribution in [2.75, 3.05) is 31.1 Å². The van der Waals surface area contributed by atoms with E-state index in [2.05, 4.69) is 15.7 Å². The molecule has 3 fully saturated rings. The highest BCUT2D eigenvalue weighted by Crippen LogP contribution is 2.41. The van der Waals surface area contributed by atoms with Crippen LogP contribution in [0.4, 0.5) is 27.8 Å². The third-order valence-electron chi connectivity index (χ3n) is 9.37. The van der Waals surface area contributed by atoms with Crippen LogP contribution in [0.5, 0.6) is 0 Å². The summed E-state index contributed by atoms with van der Waals surface area (Å²) in [6.07, 6.45) is -2.36. The SMILES string of the molecule is CCn1nccc1C(=O)N[C@H](c1cn2nc(C[C@H]3C[C@@H](C(F)(F)F)CNC3=O)c(N3CCO[C@@H](C)C3)nc2n1)C1CCC(F)(F)CC1. The molecule has 0 radical (unpaired) electrons. The molecular formula is C30H38F5N9O3. The third-order valence-corrected chi connectivity index (χ3v) is 9.37. The Kier molecular flexibility index (Phi) is 9.11. The van der Waals surface area contributed by atoms with E-state index in [0.717, 1.165) is 0 Å². The summed E-state index contributed by atoms with van der Waals surface area (Å²) in [5, 5.41) is 14.3. The van der Waals surface area contributed by atoms with E-state index in [-0.39, 0.29) is 56.3 Å². The number of piperidine rings is 1. The van der Waals surface area contributed by atoms with E-state index >= 15 is 0 Å². The summed E-state index contributed by atoms with van der Waals surface area (Å²) in [4.78, 5) is 37.6. The average Bonchev–Trinajstić information content (AvgIpc) is 3.67. The number of morpholine rings is 1. The Morgan fingerprint density at radius 1 is 1.23 bits per heavy atom. The van der Waals surface area contributed by atoms with E-state index in [1.165, 1.54) is 15.4 Å². The lowest BCUT2D eigenvalue weighted by atomic mass is 9.81. The number of nitrogens with zero attached hydrogens (tertiary/aromatic N) is 7. The zero-order chi connectivity index (χ0) is 33.5. The minimum Gasteiger partial charge on any atom is -0.375 e. The number of hydrogen-bond acceptors (Lipinski definition) is 8. The highest BCUT2D eigenvalue weighted by Gasteiger charge is 2.45. The number of halogens is 5. The lowest BCUT2D eigenvalue weighted by Crippen LogP contribution is -2.47. The summed E-state index contributed by atoms with van der Waals surface area (Å²) in [5.74, 6) is -6.17. The number of hydrogen-bond donors (Lipinski definition) is 2. The molecule has 0 unspecified atom stereocenters. The minimum absolute atomic E-state index is 0.0885. The van der Waals surface area contributed by atoms with Crippen LogP contribution in [-0.4, -0.2) is 85.6 Å². The monoisotopic (exact) mass is 667 g/mol. The molecule has 256 valence electrons. The van der Waals surface area contributed by atoms with Crippen LogP contribution in [0.3, 0.4) is 0 Å². The smallest absolute Gasteiger partial charge is 0.375 e. The summed E-state index contributed by atoms with van der Waals surface area (Å²) in [6, 6.07) is 0.818. The first-order chi connectivity index (χ1) is 22.3. The number of rotatable bonds is 8. The van der Waals surface area contributed by atoms with Crippen LogP contribution in [0.2, 0.25) is 0 Å². The number of imidazole rings is 1. The van der Waals surface area contributed by atoms with Gasteiger partial charge in [-0.1, -0.05) is 0 Å². The van der Waals surface area contributed by atoms with Crippen molar-refractivity contribution < 1.29 is 36.3 Å². The van der Waals surface area contributed by atoms with Gasteiger partial charge in [0.25, 0.3) is 11.7 Å². The molecule has 6 rings (SSSR count). The maximum absolute atomic E-state index is 14.2. The fraction of sp³-hybridized carbons (Fsp3) is 0.667. The van der Waals surface area contributed by atoms with Crippen molar-refractivity contribution in [2.24, 2.45) is 17.8 Å². The third kappa shape index (κ3) is 7.18. The van der Waals surface area contributed by atoms with Crippen molar-refractivity contribution >= 4 is 23.4 Å². The Labute approximate surface area is 267 Å². The van der Waals surface area contributed by atoms with Crippen molar-refractivity contribution in [3.05, 3.63) is 35.5 Å². The van der Waals surface area contributed by atoms with Crippen molar-refractivity contribution in [1.82, 2.24) is 40.0 Å². The first kappa shape index (κ1) is 33.0. The molecule has 3 aromatic rings. The summed E-state index contributed by atoms with van der Waals surface area (Å²) < 4.78 is 77.7. The Balaban J connectivity index is 1.37. The van der Waals surface area contributed by atoms with Gasteiger partial charge in [-0.3, -0.25) is 14.3 Å². The zero-order valence-electron chi connectivity index (χ0n) is 26.1. The van der Waals surface area contributed by atoms with E-state index < -0.39 is 48.3 Å². The predicted molar refractivity (Wildman–Crippen MR) is 158 cm³/mol. The Hall–Kier alpha value is -3.89. The summed E-state index contributed by atoms with van der Waals surface area (Å²) >= 11 is 0. The maximum Gasteiger partial charge on any atom is 0.393 e. The van der Waals surface area contributed by atoms with Crippen LogP contribution in [-0.2, 0) is 22.5 Å². The van der Waals surface area contributed by atoms with E-state index in [4.69, 9.17) is 19.8 Å². The summed E-state index contributed by atoms with van der Waals surface area (Å²) in [7, 11) is 0. The quantitative estimate of drug-likeness (QED) is 0.348. The van der Waals surface area contributed by atoms with Crippen molar-refractivity contribution in [3.8, 4) is 0 Å². The topological polar surface area (TPSA) is 132 Å². The normalized spacial score (nSPS) is 24.7. The molecule has 3 aromatic heterocycles. The van der Waals surface area contributed by atoms with Crippen molar-refractivity contribution in [3.63, 3.8) is 0 Å². The van der Waals surface area contributed by atoms with Gasteiger partial charge in [-0.25, -0.2) is 18.3 Å². The number of anilines is 1. The molecule has 4 atom stereocenters. The van der Waals surface area contributed by atoms with Crippen LogP contribution in [0.15, 0.2) is 18.5 Å². The fourth-order valence-electron chi connectivity index (χ4n) is 6.79. The van der Waals surface area contributed by atoms with Gasteiger partial charge in [0.05, 0.1) is 36.6 Å². The lowest BCUT2D eigenvalue weighted by molar-refractivity contribution is -0.183. The number of nitrogens with one attached hydrogen (secondary N) is 2. The second kappa shape index (κ2) is 13.0. The van der Waals surface area contributed by atoms with Crippen LogP contribution in [0.25, 0.3) is 5.78 Å². The van der Waals surface area contributed by atoms with Gasteiger partial charge in [-0.15, -0.1) is 0 Å². The molecule has 47 heavy (non-hydrogen) atoms. The molecule has 0 aromatic carbocycles. The molecule has 2 aliphatic heterocycles. The number of alkyl halides is 5. The predicted octanol–water partition coefficient (Wildman–Crippen LogP) is 3.72. The van der Waals surface area contributed by atoms with Gasteiger partial charge >= 0.3 is 6.18 Å². The van der Waals surface area contributed by atoms with E-state index in [1.807, 2.05) is 18.7 Å². The van der Waals surface area contributed by atoms with Gasteiger partial charge in [0.2, 0.25) is 11.8 Å². The molecule has 2 saturated heterocycles. The van der Waals surface area contributed by atoms with Crippen LogP contribution >= 0.6 is 0 Å². The number of carbonyl (C=O) groups is 2. The second-order valence-corrected chi connectivity index (χ2v) is 12.7. The van der Waals surface area contributed by atoms with Crippen LogP contribution in [0.1, 0.15) is 73.9 Å². The average molecular weight is 668 g/mol. The first-order valence-electron chi connectivity index (χ1n) is 16.0. The van der Waals surface area contributed by atoms with Crippen molar-refractivity contribution in [2.45, 2.75) is 83.2 Å². The zero-order valence-corrected chi connectivity index (χ0v) is 26.1. The first-order valence-corrected chi connectivity index (χ1v) is 16.0. The van der Waals surface area contributed by atoms with Crippen LogP contribution < -0.4 is 15.5 Å². The van der Waals surface area contributed by atoms with E-state index in [1.54, 1.807) is 12.3 Å².